The van der Waals surface area contributed by atoms with Crippen LogP contribution in [0.3, 0.4) is 0 Å². The van der Waals surface area contributed by atoms with Crippen LogP contribution in [0.2, 0.25) is 0 Å². The summed E-state index contributed by atoms with van der Waals surface area (Å²) in [5.41, 5.74) is 4.76. The van der Waals surface area contributed by atoms with Gasteiger partial charge in [-0.15, -0.1) is 0 Å². The predicted molar refractivity (Wildman–Crippen MR) is 66.8 cm³/mol. The van der Waals surface area contributed by atoms with Crippen molar-refractivity contribution in [1.82, 2.24) is 4.98 Å². The highest BCUT2D eigenvalue weighted by atomic mass is 32.2. The Bertz CT molecular complexity index is 470. The highest BCUT2D eigenvalue weighted by Gasteiger charge is 2.04. The smallest absolute Gasteiger partial charge is 0.144 e. The van der Waals surface area contributed by atoms with E-state index in [1.807, 2.05) is 18.2 Å². The SMILES string of the molecule is CSCc1cc2ccccc2nc1NN. The molecule has 0 unspecified atom stereocenters. The second kappa shape index (κ2) is 4.51. The van der Waals surface area contributed by atoms with E-state index in [2.05, 4.69) is 28.8 Å². The number of nitrogens with one attached hydrogen (secondary N) is 1. The van der Waals surface area contributed by atoms with E-state index in [-0.39, 0.29) is 0 Å². The van der Waals surface area contributed by atoms with Gasteiger partial charge in [-0.25, -0.2) is 10.8 Å². The Kier molecular flexibility index (Phi) is 3.08. The molecule has 0 bridgehead atoms. The number of nitrogens with two attached hydrogens (primary N) is 1. The Morgan fingerprint density at radius 3 is 2.93 bits per heavy atom. The molecule has 0 aliphatic rings. The number of pyridine rings is 1. The summed E-state index contributed by atoms with van der Waals surface area (Å²) in [5, 5.41) is 1.15. The molecule has 0 spiro atoms. The number of benzene rings is 1. The van der Waals surface area contributed by atoms with Gasteiger partial charge in [0, 0.05) is 16.7 Å². The standard InChI is InChI=1S/C11H13N3S/c1-15-7-9-6-8-4-2-3-5-10(8)13-11(9)14-12/h2-6H,7,12H2,1H3,(H,13,14). The van der Waals surface area contributed by atoms with Gasteiger partial charge in [0.05, 0.1) is 5.52 Å². The highest BCUT2D eigenvalue weighted by molar-refractivity contribution is 7.97. The van der Waals surface area contributed by atoms with E-state index in [1.54, 1.807) is 11.8 Å². The summed E-state index contributed by atoms with van der Waals surface area (Å²) >= 11 is 1.76. The van der Waals surface area contributed by atoms with Gasteiger partial charge >= 0.3 is 0 Å². The van der Waals surface area contributed by atoms with Crippen LogP contribution in [-0.2, 0) is 5.75 Å². The lowest BCUT2D eigenvalue weighted by molar-refractivity contribution is 1.22. The lowest BCUT2D eigenvalue weighted by atomic mass is 10.1. The summed E-state index contributed by atoms with van der Waals surface area (Å²) in [5.74, 6) is 7.13. The highest BCUT2D eigenvalue weighted by Crippen LogP contribution is 2.22. The van der Waals surface area contributed by atoms with Gasteiger partial charge in [0.1, 0.15) is 5.82 Å². The minimum Gasteiger partial charge on any atom is -0.308 e. The minimum atomic E-state index is 0.767. The van der Waals surface area contributed by atoms with Crippen LogP contribution in [0.15, 0.2) is 30.3 Å². The molecule has 4 heteroatoms. The molecule has 3 nitrogen and oxygen atoms in total. The van der Waals surface area contributed by atoms with Crippen molar-refractivity contribution in [1.29, 1.82) is 0 Å². The molecule has 0 amide bonds. The van der Waals surface area contributed by atoms with E-state index in [0.717, 1.165) is 28.0 Å². The van der Waals surface area contributed by atoms with Crippen LogP contribution in [0.25, 0.3) is 10.9 Å². The largest absolute Gasteiger partial charge is 0.308 e. The maximum absolute atomic E-state index is 5.45. The third-order valence-corrected chi connectivity index (χ3v) is 2.84. The molecule has 1 heterocycles. The molecule has 78 valence electrons. The van der Waals surface area contributed by atoms with Gasteiger partial charge in [0.2, 0.25) is 0 Å². The van der Waals surface area contributed by atoms with E-state index in [1.165, 1.54) is 0 Å². The molecule has 1 aromatic carbocycles. The average Bonchev–Trinajstić information content (AvgIpc) is 2.28. The van der Waals surface area contributed by atoms with Gasteiger partial charge in [-0.2, -0.15) is 11.8 Å². The number of thioether (sulfide) groups is 1. The molecule has 1 aromatic heterocycles. The average molecular weight is 219 g/mol. The number of nitrogens with zero attached hydrogens (tertiary/aromatic N) is 1. The zero-order valence-corrected chi connectivity index (χ0v) is 9.34. The second-order valence-electron chi connectivity index (χ2n) is 3.27. The Hall–Kier alpha value is -1.26. The van der Waals surface area contributed by atoms with Crippen molar-refractivity contribution in [3.63, 3.8) is 0 Å². The number of fused-ring (bicyclic) bond motifs is 1. The number of rotatable bonds is 3. The maximum atomic E-state index is 5.45. The molecule has 2 aromatic rings. The number of anilines is 1. The monoisotopic (exact) mass is 219 g/mol. The fraction of sp³-hybridized carbons (Fsp3) is 0.182. The van der Waals surface area contributed by atoms with Crippen LogP contribution in [0, 0.1) is 0 Å². The van der Waals surface area contributed by atoms with Crippen molar-refractivity contribution in [2.75, 3.05) is 11.7 Å². The molecule has 0 radical (unpaired) electrons. The fourth-order valence-corrected chi connectivity index (χ4v) is 2.08. The van der Waals surface area contributed by atoms with Crippen LogP contribution >= 0.6 is 11.8 Å². The third-order valence-electron chi connectivity index (χ3n) is 2.24. The molecule has 15 heavy (non-hydrogen) atoms. The molecule has 0 saturated carbocycles. The summed E-state index contributed by atoms with van der Waals surface area (Å²) < 4.78 is 0. The van der Waals surface area contributed by atoms with Crippen LogP contribution in [0.1, 0.15) is 5.56 Å². The van der Waals surface area contributed by atoms with Crippen molar-refractivity contribution in [3.8, 4) is 0 Å². The summed E-state index contributed by atoms with van der Waals surface area (Å²) in [6, 6.07) is 10.2. The fourth-order valence-electron chi connectivity index (χ4n) is 1.55. The van der Waals surface area contributed by atoms with Crippen molar-refractivity contribution < 1.29 is 0 Å². The number of hydrazine groups is 1. The Balaban J connectivity index is 2.58. The molecule has 3 N–H and O–H groups in total. The van der Waals surface area contributed by atoms with Gasteiger partial charge in [-0.05, 0) is 18.4 Å². The Morgan fingerprint density at radius 2 is 2.20 bits per heavy atom. The molecule has 0 fully saturated rings. The van der Waals surface area contributed by atoms with Crippen LogP contribution in [0.4, 0.5) is 5.82 Å². The Labute approximate surface area is 93.0 Å². The first-order valence-corrected chi connectivity index (χ1v) is 6.08. The maximum Gasteiger partial charge on any atom is 0.144 e. The number of hydrogen-bond donors (Lipinski definition) is 2. The molecule has 0 atom stereocenters. The van der Waals surface area contributed by atoms with E-state index in [0.29, 0.717) is 0 Å². The number of nitrogen functional groups attached to an aromatic ring is 1. The molecule has 0 saturated heterocycles. The molecule has 2 rings (SSSR count). The van der Waals surface area contributed by atoms with Gasteiger partial charge < -0.3 is 5.43 Å². The van der Waals surface area contributed by atoms with Crippen molar-refractivity contribution in [2.45, 2.75) is 5.75 Å². The van der Waals surface area contributed by atoms with E-state index in [4.69, 9.17) is 5.84 Å². The van der Waals surface area contributed by atoms with Crippen LogP contribution in [-0.4, -0.2) is 11.2 Å². The normalized spacial score (nSPS) is 10.5. The van der Waals surface area contributed by atoms with Gasteiger partial charge in [-0.3, -0.25) is 0 Å². The summed E-state index contributed by atoms with van der Waals surface area (Å²) in [4.78, 5) is 4.46. The molecular weight excluding hydrogens is 206 g/mol. The van der Waals surface area contributed by atoms with Crippen molar-refractivity contribution >= 4 is 28.5 Å². The predicted octanol–water partition coefficient (Wildman–Crippen LogP) is 2.38. The first-order chi connectivity index (χ1) is 7.35. The van der Waals surface area contributed by atoms with Crippen LogP contribution < -0.4 is 11.3 Å². The summed E-state index contributed by atoms with van der Waals surface area (Å²) in [6.07, 6.45) is 2.06. The van der Waals surface area contributed by atoms with Crippen molar-refractivity contribution in [3.05, 3.63) is 35.9 Å². The number of para-hydroxylation sites is 1. The number of hydrogen-bond acceptors (Lipinski definition) is 4. The first-order valence-electron chi connectivity index (χ1n) is 4.69. The lowest BCUT2D eigenvalue weighted by Gasteiger charge is -2.08. The number of aromatic nitrogens is 1. The van der Waals surface area contributed by atoms with E-state index in [9.17, 15) is 0 Å². The summed E-state index contributed by atoms with van der Waals surface area (Å²) in [7, 11) is 0. The first kappa shape index (κ1) is 10.3. The van der Waals surface area contributed by atoms with Crippen LogP contribution in [0.5, 0.6) is 0 Å². The van der Waals surface area contributed by atoms with Crippen molar-refractivity contribution in [2.24, 2.45) is 5.84 Å². The van der Waals surface area contributed by atoms with E-state index >= 15 is 0 Å². The zero-order chi connectivity index (χ0) is 10.7. The Morgan fingerprint density at radius 1 is 1.40 bits per heavy atom. The second-order valence-corrected chi connectivity index (χ2v) is 4.13. The third kappa shape index (κ3) is 2.06. The van der Waals surface area contributed by atoms with Gasteiger partial charge in [0.15, 0.2) is 0 Å². The molecule has 0 aliphatic heterocycles. The topological polar surface area (TPSA) is 50.9 Å². The lowest BCUT2D eigenvalue weighted by Crippen LogP contribution is -2.10. The van der Waals surface area contributed by atoms with E-state index < -0.39 is 0 Å². The zero-order valence-electron chi connectivity index (χ0n) is 8.53. The molecular formula is C11H13N3S. The van der Waals surface area contributed by atoms with Gasteiger partial charge in [-0.1, -0.05) is 18.2 Å². The van der Waals surface area contributed by atoms with Gasteiger partial charge in [0.25, 0.3) is 0 Å². The quantitative estimate of drug-likeness (QED) is 0.614. The summed E-state index contributed by atoms with van der Waals surface area (Å²) in [6.45, 7) is 0. The molecule has 0 aliphatic carbocycles. The minimum absolute atomic E-state index is 0.767.